The summed E-state index contributed by atoms with van der Waals surface area (Å²) in [6.07, 6.45) is 3.23. The van der Waals surface area contributed by atoms with Gasteiger partial charge >= 0.3 is 0 Å². The van der Waals surface area contributed by atoms with Gasteiger partial charge in [-0.25, -0.2) is 0 Å². The standard InChI is InChI=1S/C17H13Cl2NO2S/c18-13-3-4-15(16(19)8-13)17(21)20(9-12-5-6-22-11-12)10-14-2-1-7-23-14/h1-8,11H,9-10H2. The summed E-state index contributed by atoms with van der Waals surface area (Å²) < 4.78 is 5.10. The zero-order valence-corrected chi connectivity index (χ0v) is 14.4. The van der Waals surface area contributed by atoms with Gasteiger partial charge in [-0.1, -0.05) is 29.3 Å². The van der Waals surface area contributed by atoms with E-state index in [-0.39, 0.29) is 5.91 Å². The molecule has 6 heteroatoms. The number of halogens is 2. The maximum atomic E-state index is 12.9. The Morgan fingerprint density at radius 3 is 2.70 bits per heavy atom. The van der Waals surface area contributed by atoms with Crippen LogP contribution in [0.3, 0.4) is 0 Å². The van der Waals surface area contributed by atoms with Crippen molar-refractivity contribution >= 4 is 40.4 Å². The molecule has 2 heterocycles. The van der Waals surface area contributed by atoms with Crippen LogP contribution in [-0.2, 0) is 13.1 Å². The second kappa shape index (κ2) is 7.21. The van der Waals surface area contributed by atoms with Gasteiger partial charge in [0.15, 0.2) is 0 Å². The van der Waals surface area contributed by atoms with E-state index >= 15 is 0 Å². The van der Waals surface area contributed by atoms with Gasteiger partial charge in [-0.05, 0) is 35.7 Å². The van der Waals surface area contributed by atoms with Gasteiger partial charge < -0.3 is 9.32 Å². The lowest BCUT2D eigenvalue weighted by Gasteiger charge is -2.22. The van der Waals surface area contributed by atoms with Crippen molar-refractivity contribution in [1.82, 2.24) is 4.90 Å². The summed E-state index contributed by atoms with van der Waals surface area (Å²) >= 11 is 13.7. The van der Waals surface area contributed by atoms with E-state index in [1.165, 1.54) is 0 Å². The fourth-order valence-electron chi connectivity index (χ4n) is 2.23. The second-order valence-electron chi connectivity index (χ2n) is 5.00. The Morgan fingerprint density at radius 1 is 1.17 bits per heavy atom. The van der Waals surface area contributed by atoms with E-state index in [9.17, 15) is 4.79 Å². The highest BCUT2D eigenvalue weighted by Crippen LogP contribution is 2.24. The number of thiophene rings is 1. The lowest BCUT2D eigenvalue weighted by Crippen LogP contribution is -2.29. The van der Waals surface area contributed by atoms with Crippen LogP contribution >= 0.6 is 34.5 Å². The molecule has 0 saturated carbocycles. The fraction of sp³-hybridized carbons (Fsp3) is 0.118. The zero-order valence-electron chi connectivity index (χ0n) is 12.0. The van der Waals surface area contributed by atoms with Gasteiger partial charge in [-0.2, -0.15) is 0 Å². The minimum Gasteiger partial charge on any atom is -0.472 e. The van der Waals surface area contributed by atoms with E-state index in [0.29, 0.717) is 28.7 Å². The Morgan fingerprint density at radius 2 is 2.04 bits per heavy atom. The summed E-state index contributed by atoms with van der Waals surface area (Å²) in [6.45, 7) is 0.965. The molecular formula is C17H13Cl2NO2S. The van der Waals surface area contributed by atoms with Crippen LogP contribution < -0.4 is 0 Å². The maximum absolute atomic E-state index is 12.9. The fourth-order valence-corrected chi connectivity index (χ4v) is 3.44. The van der Waals surface area contributed by atoms with Crippen molar-refractivity contribution in [3.63, 3.8) is 0 Å². The highest BCUT2D eigenvalue weighted by molar-refractivity contribution is 7.09. The Balaban J connectivity index is 1.88. The van der Waals surface area contributed by atoms with E-state index < -0.39 is 0 Å². The van der Waals surface area contributed by atoms with Gasteiger partial charge in [0.1, 0.15) is 0 Å². The molecule has 118 valence electrons. The molecular weight excluding hydrogens is 353 g/mol. The molecule has 0 atom stereocenters. The van der Waals surface area contributed by atoms with Crippen molar-refractivity contribution in [3.8, 4) is 0 Å². The first kappa shape index (κ1) is 16.1. The summed E-state index contributed by atoms with van der Waals surface area (Å²) in [5.74, 6) is -0.138. The Bertz CT molecular complexity index is 749. The van der Waals surface area contributed by atoms with Crippen LogP contribution in [0.1, 0.15) is 20.8 Å². The minimum absolute atomic E-state index is 0.138. The van der Waals surface area contributed by atoms with Crippen LogP contribution in [0.5, 0.6) is 0 Å². The number of furan rings is 1. The van der Waals surface area contributed by atoms with Gasteiger partial charge in [0.05, 0.1) is 29.7 Å². The lowest BCUT2D eigenvalue weighted by atomic mass is 10.1. The molecule has 0 fully saturated rings. The van der Waals surface area contributed by atoms with E-state index in [0.717, 1.165) is 10.4 Å². The second-order valence-corrected chi connectivity index (χ2v) is 6.87. The van der Waals surface area contributed by atoms with Gasteiger partial charge in [0.25, 0.3) is 5.91 Å². The molecule has 3 nitrogen and oxygen atoms in total. The number of carbonyl (C=O) groups is 1. The third kappa shape index (κ3) is 3.96. The number of nitrogens with zero attached hydrogens (tertiary/aromatic N) is 1. The molecule has 2 aromatic heterocycles. The van der Waals surface area contributed by atoms with Crippen LogP contribution in [-0.4, -0.2) is 10.8 Å². The third-order valence-electron chi connectivity index (χ3n) is 3.33. The van der Waals surface area contributed by atoms with Crippen LogP contribution in [0, 0.1) is 0 Å². The van der Waals surface area contributed by atoms with Crippen LogP contribution in [0.25, 0.3) is 0 Å². The molecule has 0 bridgehead atoms. The summed E-state index contributed by atoms with van der Waals surface area (Å²) in [6, 6.07) is 10.7. The molecule has 23 heavy (non-hydrogen) atoms. The average Bonchev–Trinajstić information content (AvgIpc) is 3.19. The van der Waals surface area contributed by atoms with Crippen molar-refractivity contribution in [2.45, 2.75) is 13.1 Å². The Kier molecular flexibility index (Phi) is 5.06. The monoisotopic (exact) mass is 365 g/mol. The molecule has 0 aliphatic carbocycles. The summed E-state index contributed by atoms with van der Waals surface area (Å²) in [5, 5.41) is 2.85. The molecule has 1 aromatic carbocycles. The molecule has 0 saturated heterocycles. The summed E-state index contributed by atoms with van der Waals surface area (Å²) in [5.41, 5.74) is 1.37. The molecule has 0 aliphatic heterocycles. The molecule has 0 aliphatic rings. The smallest absolute Gasteiger partial charge is 0.255 e. The number of amides is 1. The van der Waals surface area contributed by atoms with Crippen molar-refractivity contribution < 1.29 is 9.21 Å². The molecule has 3 rings (SSSR count). The summed E-state index contributed by atoms with van der Waals surface area (Å²) in [4.78, 5) is 15.7. The molecule has 0 radical (unpaired) electrons. The number of rotatable bonds is 5. The first-order valence-electron chi connectivity index (χ1n) is 6.91. The number of hydrogen-bond donors (Lipinski definition) is 0. The predicted octanol–water partition coefficient (Wildman–Crippen LogP) is 5.49. The number of hydrogen-bond acceptors (Lipinski definition) is 3. The van der Waals surface area contributed by atoms with Crippen molar-refractivity contribution in [2.75, 3.05) is 0 Å². The van der Waals surface area contributed by atoms with Crippen molar-refractivity contribution in [2.24, 2.45) is 0 Å². The third-order valence-corrected chi connectivity index (χ3v) is 4.74. The maximum Gasteiger partial charge on any atom is 0.255 e. The lowest BCUT2D eigenvalue weighted by molar-refractivity contribution is 0.0732. The van der Waals surface area contributed by atoms with Gasteiger partial charge in [0.2, 0.25) is 0 Å². The molecule has 0 spiro atoms. The summed E-state index contributed by atoms with van der Waals surface area (Å²) in [7, 11) is 0. The van der Waals surface area contributed by atoms with E-state index in [1.807, 2.05) is 23.6 Å². The number of benzene rings is 1. The van der Waals surface area contributed by atoms with Gasteiger partial charge in [-0.15, -0.1) is 11.3 Å². The molecule has 0 unspecified atom stereocenters. The van der Waals surface area contributed by atoms with E-state index in [4.69, 9.17) is 27.6 Å². The first-order chi connectivity index (χ1) is 11.1. The normalized spacial score (nSPS) is 10.7. The Hall–Kier alpha value is -1.75. The van der Waals surface area contributed by atoms with Gasteiger partial charge in [-0.3, -0.25) is 4.79 Å². The average molecular weight is 366 g/mol. The first-order valence-corrected chi connectivity index (χ1v) is 8.55. The molecule has 1 amide bonds. The van der Waals surface area contributed by atoms with Gasteiger partial charge in [0, 0.05) is 22.0 Å². The minimum atomic E-state index is -0.138. The van der Waals surface area contributed by atoms with Crippen LogP contribution in [0.4, 0.5) is 0 Å². The predicted molar refractivity (Wildman–Crippen MR) is 93.1 cm³/mol. The van der Waals surface area contributed by atoms with E-state index in [2.05, 4.69) is 0 Å². The topological polar surface area (TPSA) is 33.5 Å². The zero-order chi connectivity index (χ0) is 16.2. The molecule has 3 aromatic rings. The van der Waals surface area contributed by atoms with Crippen LogP contribution in [0.15, 0.2) is 58.7 Å². The quantitative estimate of drug-likeness (QED) is 0.598. The largest absolute Gasteiger partial charge is 0.472 e. The number of carbonyl (C=O) groups excluding carboxylic acids is 1. The van der Waals surface area contributed by atoms with Crippen molar-refractivity contribution in [1.29, 1.82) is 0 Å². The highest BCUT2D eigenvalue weighted by atomic mass is 35.5. The molecule has 0 N–H and O–H groups in total. The van der Waals surface area contributed by atoms with Crippen LogP contribution in [0.2, 0.25) is 10.0 Å². The Labute approximate surface area is 148 Å². The highest BCUT2D eigenvalue weighted by Gasteiger charge is 2.20. The van der Waals surface area contributed by atoms with E-state index in [1.54, 1.807) is 47.0 Å². The SMILES string of the molecule is O=C(c1ccc(Cl)cc1Cl)N(Cc1ccoc1)Cc1cccs1. The van der Waals surface area contributed by atoms with Crippen molar-refractivity contribution in [3.05, 3.63) is 80.4 Å².